The van der Waals surface area contributed by atoms with E-state index in [0.29, 0.717) is 17.9 Å². The SMILES string of the molecule is Cc1cc(-c2cc3c(cc2F)[C@H](N(C(=O)[O-])[C@@H]2CN4CCC2CC4)C(C)(C)C3)cc(C)c1OC(C)C. The van der Waals surface area contributed by atoms with Crippen LogP contribution in [0.2, 0.25) is 0 Å². The standard InChI is InChI=1S/C30H39FN2O3/c1-17(2)36-27-18(3)11-21(12-19(27)4)23-13-22-15-30(5,6)28(24(22)14-25(23)31)33(29(34)35)26-16-32-9-7-20(26)8-10-32/h11-14,17,20,26,28H,7-10,15-16H2,1-6H3,(H,34,35)/p-1/t26-,28+/m1/s1. The lowest BCUT2D eigenvalue weighted by Crippen LogP contribution is -2.62. The minimum absolute atomic E-state index is 0.0620. The number of halogens is 1. The summed E-state index contributed by atoms with van der Waals surface area (Å²) in [6, 6.07) is 6.96. The number of carboxylic acid groups (broad SMARTS) is 1. The van der Waals surface area contributed by atoms with Crippen LogP contribution in [0, 0.1) is 31.0 Å². The largest absolute Gasteiger partial charge is 0.530 e. The van der Waals surface area contributed by atoms with Gasteiger partial charge in [0, 0.05) is 18.2 Å². The van der Waals surface area contributed by atoms with Crippen molar-refractivity contribution in [1.82, 2.24) is 9.80 Å². The van der Waals surface area contributed by atoms with Crippen LogP contribution in [0.4, 0.5) is 9.18 Å². The van der Waals surface area contributed by atoms with Crippen LogP contribution in [0.25, 0.3) is 11.1 Å². The molecular formula is C30H38FN2O3-. The Labute approximate surface area is 214 Å². The van der Waals surface area contributed by atoms with Gasteiger partial charge in [-0.25, -0.2) is 4.39 Å². The first-order valence-corrected chi connectivity index (χ1v) is 13.3. The van der Waals surface area contributed by atoms with Gasteiger partial charge in [0.25, 0.3) is 0 Å². The third-order valence-corrected chi connectivity index (χ3v) is 8.50. The first kappa shape index (κ1) is 25.1. The van der Waals surface area contributed by atoms with Crippen molar-refractivity contribution in [2.45, 2.75) is 79.0 Å². The molecule has 3 saturated heterocycles. The van der Waals surface area contributed by atoms with E-state index in [-0.39, 0.29) is 23.4 Å². The topological polar surface area (TPSA) is 55.8 Å². The van der Waals surface area contributed by atoms with E-state index >= 15 is 4.39 Å². The minimum Gasteiger partial charge on any atom is -0.530 e. The van der Waals surface area contributed by atoms with Crippen molar-refractivity contribution in [3.63, 3.8) is 0 Å². The Hall–Kier alpha value is -2.60. The van der Waals surface area contributed by atoms with Gasteiger partial charge >= 0.3 is 0 Å². The van der Waals surface area contributed by atoms with Crippen LogP contribution >= 0.6 is 0 Å². The van der Waals surface area contributed by atoms with E-state index < -0.39 is 12.1 Å². The average molecular weight is 494 g/mol. The summed E-state index contributed by atoms with van der Waals surface area (Å²) in [5.74, 6) is 0.869. The van der Waals surface area contributed by atoms with E-state index in [9.17, 15) is 9.90 Å². The molecule has 3 fully saturated rings. The number of carbonyl (C=O) groups is 1. The molecule has 6 heteroatoms. The summed E-state index contributed by atoms with van der Waals surface area (Å²) < 4.78 is 21.7. The second kappa shape index (κ2) is 9.05. The summed E-state index contributed by atoms with van der Waals surface area (Å²) >= 11 is 0. The molecule has 2 atom stereocenters. The van der Waals surface area contributed by atoms with E-state index in [4.69, 9.17) is 4.74 Å². The number of benzene rings is 2. The maximum absolute atomic E-state index is 15.8. The third-order valence-electron chi connectivity index (χ3n) is 8.50. The molecule has 36 heavy (non-hydrogen) atoms. The molecule has 1 aliphatic carbocycles. The molecule has 5 nitrogen and oxygen atoms in total. The predicted octanol–water partition coefficient (Wildman–Crippen LogP) is 5.26. The van der Waals surface area contributed by atoms with Gasteiger partial charge < -0.3 is 24.4 Å². The maximum Gasteiger partial charge on any atom is 0.137 e. The molecular weight excluding hydrogens is 455 g/mol. The maximum atomic E-state index is 15.8. The summed E-state index contributed by atoms with van der Waals surface area (Å²) in [7, 11) is 0. The lowest BCUT2D eigenvalue weighted by atomic mass is 9.79. The molecule has 2 bridgehead atoms. The third kappa shape index (κ3) is 4.27. The highest BCUT2D eigenvalue weighted by molar-refractivity contribution is 5.71. The summed E-state index contributed by atoms with van der Waals surface area (Å²) in [5.41, 5.74) is 4.76. The Morgan fingerprint density at radius 1 is 1.14 bits per heavy atom. The fraction of sp³-hybridized carbons (Fsp3) is 0.567. The van der Waals surface area contributed by atoms with Crippen molar-refractivity contribution < 1.29 is 19.0 Å². The van der Waals surface area contributed by atoms with Crippen LogP contribution in [-0.4, -0.2) is 47.7 Å². The van der Waals surface area contributed by atoms with Crippen molar-refractivity contribution in [3.05, 3.63) is 52.3 Å². The predicted molar refractivity (Wildman–Crippen MR) is 137 cm³/mol. The van der Waals surface area contributed by atoms with Crippen LogP contribution in [-0.2, 0) is 6.42 Å². The van der Waals surface area contributed by atoms with Crippen LogP contribution in [0.15, 0.2) is 24.3 Å². The van der Waals surface area contributed by atoms with Crippen LogP contribution in [0.5, 0.6) is 5.75 Å². The lowest BCUT2D eigenvalue weighted by molar-refractivity contribution is -0.276. The summed E-state index contributed by atoms with van der Waals surface area (Å²) in [4.78, 5) is 16.5. The molecule has 3 aliphatic heterocycles. The minimum atomic E-state index is -1.14. The Morgan fingerprint density at radius 2 is 1.78 bits per heavy atom. The smallest absolute Gasteiger partial charge is 0.137 e. The second-order valence-electron chi connectivity index (χ2n) is 12.1. The Bertz CT molecular complexity index is 1160. The van der Waals surface area contributed by atoms with Crippen LogP contribution in [0.1, 0.15) is 68.8 Å². The van der Waals surface area contributed by atoms with Gasteiger partial charge in [-0.05, 0) is 123 Å². The summed E-state index contributed by atoms with van der Waals surface area (Å²) in [5, 5.41) is 12.6. The highest BCUT2D eigenvalue weighted by Crippen LogP contribution is 2.52. The zero-order valence-corrected chi connectivity index (χ0v) is 22.4. The number of amides is 1. The van der Waals surface area contributed by atoms with Crippen molar-refractivity contribution in [2.24, 2.45) is 11.3 Å². The number of nitrogens with zero attached hydrogens (tertiary/aromatic N) is 2. The molecule has 6 rings (SSSR count). The van der Waals surface area contributed by atoms with Gasteiger partial charge in [-0.3, -0.25) is 0 Å². The Morgan fingerprint density at radius 3 is 2.31 bits per heavy atom. The van der Waals surface area contributed by atoms with E-state index in [1.54, 1.807) is 11.0 Å². The first-order chi connectivity index (χ1) is 17.0. The number of aryl methyl sites for hydroxylation is 2. The molecule has 0 radical (unpaired) electrons. The monoisotopic (exact) mass is 493 g/mol. The lowest BCUT2D eigenvalue weighted by Gasteiger charge is -2.53. The number of ether oxygens (including phenoxy) is 1. The van der Waals surface area contributed by atoms with Gasteiger partial charge in [0.15, 0.2) is 0 Å². The molecule has 0 saturated carbocycles. The molecule has 2 aromatic carbocycles. The molecule has 1 amide bonds. The molecule has 3 heterocycles. The van der Waals surface area contributed by atoms with Gasteiger partial charge in [-0.15, -0.1) is 0 Å². The van der Waals surface area contributed by atoms with Gasteiger partial charge in [0.2, 0.25) is 0 Å². The fourth-order valence-electron chi connectivity index (χ4n) is 7.01. The second-order valence-corrected chi connectivity index (χ2v) is 12.1. The molecule has 0 aromatic heterocycles. The number of rotatable bonds is 5. The van der Waals surface area contributed by atoms with Gasteiger partial charge in [-0.1, -0.05) is 13.8 Å². The summed E-state index contributed by atoms with van der Waals surface area (Å²) in [6.45, 7) is 15.0. The number of carbonyl (C=O) groups excluding carboxylic acids is 1. The molecule has 0 N–H and O–H groups in total. The normalized spacial score (nSPS) is 26.2. The quantitative estimate of drug-likeness (QED) is 0.570. The van der Waals surface area contributed by atoms with Crippen molar-refractivity contribution >= 4 is 6.09 Å². The van der Waals surface area contributed by atoms with Crippen molar-refractivity contribution in [3.8, 4) is 16.9 Å². The van der Waals surface area contributed by atoms with Crippen LogP contribution < -0.4 is 9.84 Å². The number of hydrogen-bond donors (Lipinski definition) is 0. The molecule has 0 spiro atoms. The number of fused-ring (bicyclic) bond motifs is 4. The van der Waals surface area contributed by atoms with E-state index in [1.165, 1.54) is 0 Å². The molecule has 4 aliphatic rings. The fourth-order valence-corrected chi connectivity index (χ4v) is 7.01. The zero-order chi connectivity index (χ0) is 25.9. The molecule has 2 aromatic rings. The number of piperidine rings is 3. The van der Waals surface area contributed by atoms with E-state index in [0.717, 1.165) is 66.0 Å². The van der Waals surface area contributed by atoms with Gasteiger partial charge in [0.1, 0.15) is 17.7 Å². The van der Waals surface area contributed by atoms with Crippen molar-refractivity contribution in [1.29, 1.82) is 0 Å². The Kier molecular flexibility index (Phi) is 6.30. The van der Waals surface area contributed by atoms with E-state index in [2.05, 4.69) is 18.7 Å². The number of hydrogen-bond acceptors (Lipinski definition) is 4. The van der Waals surface area contributed by atoms with Gasteiger partial charge in [-0.2, -0.15) is 0 Å². The molecule has 0 unspecified atom stereocenters. The van der Waals surface area contributed by atoms with E-state index in [1.807, 2.05) is 45.9 Å². The van der Waals surface area contributed by atoms with Crippen molar-refractivity contribution in [2.75, 3.05) is 19.6 Å². The summed E-state index contributed by atoms with van der Waals surface area (Å²) in [6.07, 6.45) is 1.63. The zero-order valence-electron chi connectivity index (χ0n) is 22.4. The molecule has 194 valence electrons. The first-order valence-electron chi connectivity index (χ1n) is 13.3. The highest BCUT2D eigenvalue weighted by Gasteiger charge is 2.48. The Balaban J connectivity index is 1.54. The van der Waals surface area contributed by atoms with Gasteiger partial charge in [0.05, 0.1) is 12.1 Å². The highest BCUT2D eigenvalue weighted by atomic mass is 19.1. The average Bonchev–Trinajstić information content (AvgIpc) is 3.05. The van der Waals surface area contributed by atoms with Crippen LogP contribution in [0.3, 0.4) is 0 Å².